The first kappa shape index (κ1) is 23.6. The van der Waals surface area contributed by atoms with Crippen LogP contribution >= 0.6 is 0 Å². The van der Waals surface area contributed by atoms with Crippen LogP contribution in [0.2, 0.25) is 0 Å². The number of rotatable bonds is 7. The molecule has 6 rings (SSSR count). The topological polar surface area (TPSA) is 87.3 Å². The molecule has 0 spiro atoms. The van der Waals surface area contributed by atoms with Crippen molar-refractivity contribution in [3.63, 3.8) is 0 Å². The van der Waals surface area contributed by atoms with Gasteiger partial charge in [0.15, 0.2) is 0 Å². The van der Waals surface area contributed by atoms with Gasteiger partial charge in [0.1, 0.15) is 5.56 Å². The number of aromatic nitrogens is 5. The molecule has 4 aromatic rings. The predicted molar refractivity (Wildman–Crippen MR) is 138 cm³/mol. The number of benzene rings is 2. The predicted octanol–water partition coefficient (Wildman–Crippen LogP) is 3.56. The third-order valence-corrected chi connectivity index (χ3v) is 7.21. The first-order valence-electron chi connectivity index (χ1n) is 12.6. The van der Waals surface area contributed by atoms with Crippen molar-refractivity contribution in [2.24, 2.45) is 7.05 Å². The van der Waals surface area contributed by atoms with E-state index >= 15 is 0 Å². The molecule has 3 heterocycles. The van der Waals surface area contributed by atoms with Gasteiger partial charge in [0.2, 0.25) is 0 Å². The third kappa shape index (κ3) is 4.80. The summed E-state index contributed by atoms with van der Waals surface area (Å²) in [5, 5.41) is 13.0. The minimum absolute atomic E-state index is 0.119. The van der Waals surface area contributed by atoms with Crippen LogP contribution < -0.4 is 0 Å². The molecule has 2 aromatic carbocycles. The maximum absolute atomic E-state index is 12.6. The second-order valence-corrected chi connectivity index (χ2v) is 9.75. The summed E-state index contributed by atoms with van der Waals surface area (Å²) in [5.74, 6) is -0.0561. The van der Waals surface area contributed by atoms with Gasteiger partial charge in [0.25, 0.3) is 0 Å². The zero-order chi connectivity index (χ0) is 25.4. The van der Waals surface area contributed by atoms with Crippen molar-refractivity contribution in [1.82, 2.24) is 29.7 Å². The van der Waals surface area contributed by atoms with Crippen LogP contribution in [0.5, 0.6) is 0 Å². The Morgan fingerprint density at radius 2 is 1.86 bits per heavy atom. The number of morpholine rings is 1. The van der Waals surface area contributed by atoms with E-state index < -0.39 is 0 Å². The molecule has 1 aliphatic heterocycles. The molecule has 2 atom stereocenters. The second-order valence-electron chi connectivity index (χ2n) is 9.75. The zero-order valence-electron chi connectivity index (χ0n) is 21.1. The molecule has 0 bridgehead atoms. The maximum atomic E-state index is 12.6. The van der Waals surface area contributed by atoms with E-state index in [-0.39, 0.29) is 17.8 Å². The lowest BCUT2D eigenvalue weighted by Crippen LogP contribution is -2.35. The Kier molecular flexibility index (Phi) is 6.31. The van der Waals surface area contributed by atoms with Crippen molar-refractivity contribution in [2.45, 2.75) is 24.8 Å². The van der Waals surface area contributed by atoms with E-state index in [1.165, 1.54) is 12.7 Å². The summed E-state index contributed by atoms with van der Waals surface area (Å²) in [7, 11) is 3.26. The quantitative estimate of drug-likeness (QED) is 0.360. The van der Waals surface area contributed by atoms with E-state index in [1.807, 2.05) is 30.1 Å². The van der Waals surface area contributed by atoms with Gasteiger partial charge in [-0.05, 0) is 41.3 Å². The maximum Gasteiger partial charge on any atom is 0.341 e. The number of esters is 1. The van der Waals surface area contributed by atoms with Crippen LogP contribution in [0.15, 0.2) is 60.9 Å². The van der Waals surface area contributed by atoms with Gasteiger partial charge >= 0.3 is 5.97 Å². The van der Waals surface area contributed by atoms with Crippen molar-refractivity contribution in [3.8, 4) is 16.8 Å². The van der Waals surface area contributed by atoms with Crippen molar-refractivity contribution in [2.75, 3.05) is 33.4 Å². The smallest absolute Gasteiger partial charge is 0.341 e. The highest BCUT2D eigenvalue weighted by Crippen LogP contribution is 2.55. The molecular formula is C28H30N6O3. The number of nitrogens with zero attached hydrogens (tertiary/aromatic N) is 6. The number of aryl methyl sites for hydroxylation is 1. The molecule has 9 nitrogen and oxygen atoms in total. The van der Waals surface area contributed by atoms with Gasteiger partial charge in [-0.3, -0.25) is 9.58 Å². The molecule has 37 heavy (non-hydrogen) atoms. The number of hydrogen-bond donors (Lipinski definition) is 0. The number of methoxy groups -OCH3 is 1. The van der Waals surface area contributed by atoms with E-state index in [2.05, 4.69) is 56.7 Å². The van der Waals surface area contributed by atoms with Crippen molar-refractivity contribution >= 4 is 5.97 Å². The minimum atomic E-state index is -0.377. The molecule has 0 radical (unpaired) electrons. The summed E-state index contributed by atoms with van der Waals surface area (Å²) in [6.45, 7) is 4.41. The van der Waals surface area contributed by atoms with Crippen LogP contribution in [0.1, 0.15) is 45.6 Å². The lowest BCUT2D eigenvalue weighted by molar-refractivity contribution is 0.0342. The van der Waals surface area contributed by atoms with Crippen LogP contribution in [0, 0.1) is 0 Å². The molecule has 190 valence electrons. The molecule has 1 saturated heterocycles. The van der Waals surface area contributed by atoms with E-state index in [4.69, 9.17) is 9.47 Å². The number of ether oxygens (including phenoxy) is 2. The highest BCUT2D eigenvalue weighted by molar-refractivity contribution is 5.91. The Morgan fingerprint density at radius 1 is 1.08 bits per heavy atom. The fourth-order valence-electron chi connectivity index (χ4n) is 5.23. The summed E-state index contributed by atoms with van der Waals surface area (Å²) in [6.07, 6.45) is 4.44. The van der Waals surface area contributed by atoms with Gasteiger partial charge in [0.05, 0.1) is 43.6 Å². The highest BCUT2D eigenvalue weighted by Gasteiger charge is 2.46. The first-order valence-corrected chi connectivity index (χ1v) is 12.6. The molecule has 0 unspecified atom stereocenters. The molecule has 1 saturated carbocycles. The molecule has 0 N–H and O–H groups in total. The van der Waals surface area contributed by atoms with Crippen LogP contribution in [0.25, 0.3) is 16.8 Å². The Labute approximate surface area is 215 Å². The number of carbonyl (C=O) groups is 1. The van der Waals surface area contributed by atoms with Gasteiger partial charge in [-0.2, -0.15) is 5.10 Å². The van der Waals surface area contributed by atoms with Gasteiger partial charge in [0, 0.05) is 44.7 Å². The molecular weight excluding hydrogens is 468 g/mol. The molecule has 2 aromatic heterocycles. The standard InChI is InChI=1S/C28H30N6O3/c1-32-18-26(30-31-32)23-15-24(23)27-25(28(35)36-2)16-29-34(27)22-8-4-7-21(14-22)20-6-3-5-19(13-20)17-33-9-11-37-12-10-33/h3-8,13-14,16,18,23-24H,9-12,15,17H2,1-2H3/t23-,24-/m1/s1. The van der Waals surface area contributed by atoms with E-state index in [0.29, 0.717) is 5.56 Å². The first-order chi connectivity index (χ1) is 18.1. The Bertz CT molecular complexity index is 1420. The lowest BCUT2D eigenvalue weighted by Gasteiger charge is -2.26. The number of carbonyl (C=O) groups excluding carboxylic acids is 1. The van der Waals surface area contributed by atoms with Gasteiger partial charge in [-0.15, -0.1) is 5.10 Å². The average Bonchev–Trinajstić information content (AvgIpc) is 3.38. The molecule has 1 aliphatic carbocycles. The fourth-order valence-corrected chi connectivity index (χ4v) is 5.23. The number of hydrogen-bond acceptors (Lipinski definition) is 7. The fraction of sp³-hybridized carbons (Fsp3) is 0.357. The molecule has 2 fully saturated rings. The molecule has 2 aliphatic rings. The van der Waals surface area contributed by atoms with Gasteiger partial charge in [-0.1, -0.05) is 35.5 Å². The normalized spacial score (nSPS) is 19.6. The SMILES string of the molecule is COC(=O)c1cnn(-c2cccc(-c3cccc(CN4CCOCC4)c3)c2)c1[C@@H]1C[C@H]1c1cn(C)nn1. The second kappa shape index (κ2) is 9.91. The van der Waals surface area contributed by atoms with Crippen molar-refractivity contribution < 1.29 is 14.3 Å². The summed E-state index contributed by atoms with van der Waals surface area (Å²) >= 11 is 0. The Balaban J connectivity index is 1.31. The van der Waals surface area contributed by atoms with Gasteiger partial charge in [-0.25, -0.2) is 9.48 Å². The summed E-state index contributed by atoms with van der Waals surface area (Å²) in [5.41, 5.74) is 6.73. The van der Waals surface area contributed by atoms with Crippen LogP contribution in [-0.2, 0) is 23.1 Å². The van der Waals surface area contributed by atoms with Gasteiger partial charge < -0.3 is 9.47 Å². The summed E-state index contributed by atoms with van der Waals surface area (Å²) in [4.78, 5) is 15.1. The minimum Gasteiger partial charge on any atom is -0.465 e. The summed E-state index contributed by atoms with van der Waals surface area (Å²) in [6, 6.07) is 17.0. The van der Waals surface area contributed by atoms with Crippen molar-refractivity contribution in [1.29, 1.82) is 0 Å². The monoisotopic (exact) mass is 498 g/mol. The zero-order valence-corrected chi connectivity index (χ0v) is 21.1. The van der Waals surface area contributed by atoms with Crippen LogP contribution in [0.4, 0.5) is 0 Å². The Morgan fingerprint density at radius 3 is 2.62 bits per heavy atom. The molecule has 0 amide bonds. The van der Waals surface area contributed by atoms with Crippen LogP contribution in [0.3, 0.4) is 0 Å². The molecule has 9 heteroatoms. The highest BCUT2D eigenvalue weighted by atomic mass is 16.5. The Hall–Kier alpha value is -3.82. The third-order valence-electron chi connectivity index (χ3n) is 7.21. The van der Waals surface area contributed by atoms with E-state index in [0.717, 1.165) is 67.5 Å². The lowest BCUT2D eigenvalue weighted by atomic mass is 10.0. The largest absolute Gasteiger partial charge is 0.465 e. The van der Waals surface area contributed by atoms with E-state index in [1.54, 1.807) is 10.9 Å². The van der Waals surface area contributed by atoms with Crippen molar-refractivity contribution in [3.05, 3.63) is 83.4 Å². The van der Waals surface area contributed by atoms with Crippen LogP contribution in [-0.4, -0.2) is 69.1 Å². The average molecular weight is 499 g/mol. The summed E-state index contributed by atoms with van der Waals surface area (Å²) < 4.78 is 14.2. The van der Waals surface area contributed by atoms with E-state index in [9.17, 15) is 4.79 Å².